The summed E-state index contributed by atoms with van der Waals surface area (Å²) in [4.78, 5) is 25.2. The van der Waals surface area contributed by atoms with Crippen LogP contribution in [0.15, 0.2) is 60.7 Å². The smallest absolute Gasteiger partial charge is 0.249 e. The fourth-order valence-corrected chi connectivity index (χ4v) is 2.72. The first-order chi connectivity index (χ1) is 13.5. The molecule has 0 saturated heterocycles. The molecule has 7 heteroatoms. The van der Waals surface area contributed by atoms with Gasteiger partial charge in [0, 0.05) is 17.4 Å². The maximum atomic E-state index is 12.7. The van der Waals surface area contributed by atoms with Crippen molar-refractivity contribution in [2.75, 3.05) is 12.4 Å². The minimum Gasteiger partial charge on any atom is -0.497 e. The molecule has 0 saturated carbocycles. The number of rotatable bonds is 6. The lowest BCUT2D eigenvalue weighted by molar-refractivity contribution is -0.117. The number of nitriles is 1. The second kappa shape index (κ2) is 8.18. The van der Waals surface area contributed by atoms with Crippen molar-refractivity contribution in [3.63, 3.8) is 0 Å². The summed E-state index contributed by atoms with van der Waals surface area (Å²) in [5, 5.41) is 16.3. The number of Topliss-reactive ketones (excluding diaryl/α,β-unsaturated/α-hetero) is 1. The lowest BCUT2D eigenvalue weighted by Gasteiger charge is -2.09. The van der Waals surface area contributed by atoms with E-state index in [0.29, 0.717) is 11.4 Å². The zero-order chi connectivity index (χ0) is 20.1. The van der Waals surface area contributed by atoms with Gasteiger partial charge in [-0.05, 0) is 37.3 Å². The molecule has 7 nitrogen and oxygen atoms in total. The first kappa shape index (κ1) is 18.9. The number of ketones is 1. The molecule has 28 heavy (non-hydrogen) atoms. The summed E-state index contributed by atoms with van der Waals surface area (Å²) < 4.78 is 6.70. The Morgan fingerprint density at radius 3 is 2.57 bits per heavy atom. The third-order valence-electron chi connectivity index (χ3n) is 4.13. The average molecular weight is 374 g/mol. The Hall–Kier alpha value is -3.92. The highest BCUT2D eigenvalue weighted by Gasteiger charge is 2.30. The number of anilines is 1. The van der Waals surface area contributed by atoms with Crippen LogP contribution in [0.4, 0.5) is 5.69 Å². The Balaban J connectivity index is 1.82. The van der Waals surface area contributed by atoms with E-state index in [-0.39, 0.29) is 5.69 Å². The molecule has 2 aromatic carbocycles. The van der Waals surface area contributed by atoms with Gasteiger partial charge in [-0.3, -0.25) is 9.59 Å². The number of aryl methyl sites for hydroxylation is 1. The van der Waals surface area contributed by atoms with E-state index in [1.165, 1.54) is 7.11 Å². The highest BCUT2D eigenvalue weighted by Crippen LogP contribution is 2.19. The van der Waals surface area contributed by atoms with E-state index in [1.54, 1.807) is 48.0 Å². The van der Waals surface area contributed by atoms with Crippen molar-refractivity contribution >= 4 is 17.4 Å². The van der Waals surface area contributed by atoms with Gasteiger partial charge in [0.05, 0.1) is 18.9 Å². The van der Waals surface area contributed by atoms with Crippen molar-refractivity contribution in [1.29, 1.82) is 5.26 Å². The normalized spacial score (nSPS) is 11.3. The molecule has 0 aliphatic carbocycles. The number of hydrogen-bond donors (Lipinski definition) is 1. The van der Waals surface area contributed by atoms with Crippen LogP contribution in [-0.2, 0) is 4.79 Å². The number of nitrogens with one attached hydrogen (secondary N) is 1. The summed E-state index contributed by atoms with van der Waals surface area (Å²) in [6.45, 7) is 1.80. The number of nitrogens with zero attached hydrogens (tertiary/aromatic N) is 3. The van der Waals surface area contributed by atoms with Gasteiger partial charge in [-0.25, -0.2) is 4.68 Å². The summed E-state index contributed by atoms with van der Waals surface area (Å²) >= 11 is 0. The number of aromatic nitrogens is 2. The molecule has 0 bridgehead atoms. The molecular formula is C21H18N4O3. The summed E-state index contributed by atoms with van der Waals surface area (Å²) in [7, 11) is 1.51. The summed E-state index contributed by atoms with van der Waals surface area (Å²) in [6.07, 6.45) is 0. The number of carbonyl (C=O) groups excluding carboxylic acids is 2. The number of hydrogen-bond acceptors (Lipinski definition) is 5. The van der Waals surface area contributed by atoms with E-state index in [2.05, 4.69) is 10.4 Å². The van der Waals surface area contributed by atoms with E-state index in [9.17, 15) is 14.9 Å². The van der Waals surface area contributed by atoms with E-state index in [4.69, 9.17) is 4.74 Å². The van der Waals surface area contributed by atoms with Crippen molar-refractivity contribution in [3.05, 3.63) is 72.1 Å². The molecule has 1 aromatic heterocycles. The minimum atomic E-state index is -1.51. The molecule has 0 radical (unpaired) electrons. The molecule has 1 heterocycles. The fourth-order valence-electron chi connectivity index (χ4n) is 2.72. The van der Waals surface area contributed by atoms with Crippen LogP contribution in [0.2, 0.25) is 0 Å². The van der Waals surface area contributed by atoms with Gasteiger partial charge in [0.1, 0.15) is 11.4 Å². The van der Waals surface area contributed by atoms with Crippen molar-refractivity contribution in [1.82, 2.24) is 9.78 Å². The SMILES string of the molecule is COc1cccc(NC(=O)C(C#N)C(=O)c2cc(C)n(-c3ccccc3)n2)c1. The zero-order valence-electron chi connectivity index (χ0n) is 15.4. The highest BCUT2D eigenvalue weighted by atomic mass is 16.5. The van der Waals surface area contributed by atoms with Crippen LogP contribution in [0.25, 0.3) is 5.69 Å². The van der Waals surface area contributed by atoms with Crippen LogP contribution < -0.4 is 10.1 Å². The molecule has 3 aromatic rings. The summed E-state index contributed by atoms with van der Waals surface area (Å²) in [5.41, 5.74) is 2.00. The zero-order valence-corrected chi connectivity index (χ0v) is 15.4. The van der Waals surface area contributed by atoms with E-state index in [0.717, 1.165) is 11.4 Å². The molecule has 0 spiro atoms. The number of ether oxygens (including phenoxy) is 1. The lowest BCUT2D eigenvalue weighted by atomic mass is 10.0. The highest BCUT2D eigenvalue weighted by molar-refractivity contribution is 6.14. The van der Waals surface area contributed by atoms with Crippen molar-refractivity contribution in [2.45, 2.75) is 6.92 Å². The molecule has 1 atom stereocenters. The van der Waals surface area contributed by atoms with Crippen molar-refractivity contribution in [2.24, 2.45) is 5.92 Å². The molecule has 1 amide bonds. The number of carbonyl (C=O) groups is 2. The van der Waals surface area contributed by atoms with Gasteiger partial charge in [-0.2, -0.15) is 10.4 Å². The van der Waals surface area contributed by atoms with Crippen molar-refractivity contribution < 1.29 is 14.3 Å². The molecule has 1 unspecified atom stereocenters. The van der Waals surface area contributed by atoms with Gasteiger partial charge in [-0.15, -0.1) is 0 Å². The van der Waals surface area contributed by atoms with Crippen LogP contribution in [0.5, 0.6) is 5.75 Å². The maximum absolute atomic E-state index is 12.7. The Kier molecular flexibility index (Phi) is 5.51. The quantitative estimate of drug-likeness (QED) is 0.528. The summed E-state index contributed by atoms with van der Waals surface area (Å²) in [6, 6.07) is 19.3. The number of para-hydroxylation sites is 1. The first-order valence-corrected chi connectivity index (χ1v) is 8.54. The predicted octanol–water partition coefficient (Wildman–Crippen LogP) is 3.15. The van der Waals surface area contributed by atoms with Gasteiger partial charge in [0.25, 0.3) is 0 Å². The van der Waals surface area contributed by atoms with Crippen LogP contribution in [0.3, 0.4) is 0 Å². The third kappa shape index (κ3) is 3.91. The van der Waals surface area contributed by atoms with Gasteiger partial charge in [0.15, 0.2) is 5.92 Å². The lowest BCUT2D eigenvalue weighted by Crippen LogP contribution is -2.29. The Labute approximate surface area is 162 Å². The Bertz CT molecular complexity index is 1050. The number of methoxy groups -OCH3 is 1. The topological polar surface area (TPSA) is 97.0 Å². The monoisotopic (exact) mass is 374 g/mol. The molecule has 0 aliphatic heterocycles. The Morgan fingerprint density at radius 2 is 1.89 bits per heavy atom. The second-order valence-corrected chi connectivity index (χ2v) is 6.07. The van der Waals surface area contributed by atoms with Crippen LogP contribution >= 0.6 is 0 Å². The first-order valence-electron chi connectivity index (χ1n) is 8.54. The standard InChI is InChI=1S/C21H18N4O3/c1-14-11-19(24-25(14)16-8-4-3-5-9-16)20(26)18(13-22)21(27)23-15-7-6-10-17(12-15)28-2/h3-12,18H,1-2H3,(H,23,27). The molecule has 0 fully saturated rings. The largest absolute Gasteiger partial charge is 0.497 e. The van der Waals surface area contributed by atoms with Gasteiger partial charge in [0.2, 0.25) is 11.7 Å². The van der Waals surface area contributed by atoms with Crippen LogP contribution in [-0.4, -0.2) is 28.6 Å². The van der Waals surface area contributed by atoms with Gasteiger partial charge < -0.3 is 10.1 Å². The van der Waals surface area contributed by atoms with Gasteiger partial charge in [-0.1, -0.05) is 24.3 Å². The predicted molar refractivity (Wildman–Crippen MR) is 103 cm³/mol. The molecule has 3 rings (SSSR count). The number of amides is 1. The van der Waals surface area contributed by atoms with Crippen LogP contribution in [0.1, 0.15) is 16.2 Å². The summed E-state index contributed by atoms with van der Waals surface area (Å²) in [5.74, 6) is -2.33. The fraction of sp³-hybridized carbons (Fsp3) is 0.143. The molecule has 1 N–H and O–H groups in total. The van der Waals surface area contributed by atoms with Crippen LogP contribution in [0, 0.1) is 24.2 Å². The maximum Gasteiger partial charge on any atom is 0.249 e. The van der Waals surface area contributed by atoms with E-state index < -0.39 is 17.6 Å². The van der Waals surface area contributed by atoms with Gasteiger partial charge >= 0.3 is 0 Å². The van der Waals surface area contributed by atoms with E-state index >= 15 is 0 Å². The third-order valence-corrected chi connectivity index (χ3v) is 4.13. The number of benzene rings is 2. The molecular weight excluding hydrogens is 356 g/mol. The molecule has 140 valence electrons. The molecule has 0 aliphatic rings. The van der Waals surface area contributed by atoms with E-state index in [1.807, 2.05) is 30.3 Å². The van der Waals surface area contributed by atoms with Crippen molar-refractivity contribution in [3.8, 4) is 17.5 Å². The minimum absolute atomic E-state index is 0.0636. The average Bonchev–Trinajstić information content (AvgIpc) is 3.11. The Morgan fingerprint density at radius 1 is 1.14 bits per heavy atom. The second-order valence-electron chi connectivity index (χ2n) is 6.07.